The van der Waals surface area contributed by atoms with Gasteiger partial charge < -0.3 is 10.6 Å². The van der Waals surface area contributed by atoms with E-state index in [1.54, 1.807) is 13.1 Å². The summed E-state index contributed by atoms with van der Waals surface area (Å²) in [4.78, 5) is 37.5. The van der Waals surface area contributed by atoms with Crippen molar-refractivity contribution in [3.05, 3.63) is 76.2 Å². The number of aromatic nitrogens is 2. The molecule has 0 radical (unpaired) electrons. The van der Waals surface area contributed by atoms with Gasteiger partial charge in [-0.05, 0) is 42.3 Å². The Kier molecular flexibility index (Phi) is 5.37. The van der Waals surface area contributed by atoms with Gasteiger partial charge in [0.15, 0.2) is 5.78 Å². The Balaban J connectivity index is 1.70. The quantitative estimate of drug-likeness (QED) is 0.590. The van der Waals surface area contributed by atoms with Crippen LogP contribution in [-0.4, -0.2) is 34.8 Å². The largest absolute Gasteiger partial charge is 0.355 e. The zero-order chi connectivity index (χ0) is 22.1. The summed E-state index contributed by atoms with van der Waals surface area (Å²) in [7, 11) is 1.41. The number of fused-ring (bicyclic) bond motifs is 1. The van der Waals surface area contributed by atoms with Crippen LogP contribution < -0.4 is 10.6 Å². The molecule has 2 aromatic carbocycles. The van der Waals surface area contributed by atoms with Crippen molar-refractivity contribution >= 4 is 28.5 Å². The van der Waals surface area contributed by atoms with E-state index in [1.807, 2.05) is 18.2 Å². The number of halogens is 1. The third kappa shape index (κ3) is 3.96. The van der Waals surface area contributed by atoms with E-state index in [0.717, 1.165) is 16.5 Å². The highest BCUT2D eigenvalue weighted by atomic mass is 19.1. The van der Waals surface area contributed by atoms with Crippen molar-refractivity contribution in [1.82, 2.24) is 20.8 Å². The number of carbonyl (C=O) groups excluding carboxylic acids is 3. The van der Waals surface area contributed by atoms with E-state index >= 15 is 0 Å². The second-order valence-electron chi connectivity index (χ2n) is 7.58. The molecule has 31 heavy (non-hydrogen) atoms. The molecule has 0 spiro atoms. The highest BCUT2D eigenvalue weighted by Crippen LogP contribution is 2.32. The topological polar surface area (TPSA) is 104 Å². The first-order valence-corrected chi connectivity index (χ1v) is 9.83. The minimum Gasteiger partial charge on any atom is -0.355 e. The fourth-order valence-corrected chi connectivity index (χ4v) is 3.93. The molecule has 1 aromatic heterocycles. The van der Waals surface area contributed by atoms with Crippen LogP contribution in [0.1, 0.15) is 40.9 Å². The molecule has 8 heteroatoms. The predicted molar refractivity (Wildman–Crippen MR) is 113 cm³/mol. The molecule has 158 valence electrons. The van der Waals surface area contributed by atoms with Gasteiger partial charge in [0.1, 0.15) is 5.82 Å². The Morgan fingerprint density at radius 2 is 2.03 bits per heavy atom. The summed E-state index contributed by atoms with van der Waals surface area (Å²) >= 11 is 0. The van der Waals surface area contributed by atoms with E-state index < -0.39 is 17.8 Å². The lowest BCUT2D eigenvalue weighted by molar-refractivity contribution is -0.121. The highest BCUT2D eigenvalue weighted by Gasteiger charge is 2.31. The first-order chi connectivity index (χ1) is 14.9. The molecule has 1 aliphatic heterocycles. The van der Waals surface area contributed by atoms with Crippen LogP contribution in [0.3, 0.4) is 0 Å². The van der Waals surface area contributed by atoms with Gasteiger partial charge in [0.05, 0.1) is 23.3 Å². The van der Waals surface area contributed by atoms with Gasteiger partial charge in [-0.25, -0.2) is 4.39 Å². The van der Waals surface area contributed by atoms with Crippen LogP contribution in [-0.2, 0) is 16.0 Å². The molecule has 2 heterocycles. The molecule has 0 saturated heterocycles. The number of hydrogen-bond acceptors (Lipinski definition) is 4. The van der Waals surface area contributed by atoms with Crippen LogP contribution in [0.15, 0.2) is 53.7 Å². The Bertz CT molecular complexity index is 1240. The van der Waals surface area contributed by atoms with Gasteiger partial charge in [-0.3, -0.25) is 19.5 Å². The second-order valence-corrected chi connectivity index (χ2v) is 7.58. The van der Waals surface area contributed by atoms with Crippen molar-refractivity contribution in [2.45, 2.75) is 25.8 Å². The monoisotopic (exact) mass is 420 g/mol. The first-order valence-electron chi connectivity index (χ1n) is 9.83. The lowest BCUT2D eigenvalue weighted by Crippen LogP contribution is -2.37. The van der Waals surface area contributed by atoms with E-state index in [0.29, 0.717) is 16.7 Å². The van der Waals surface area contributed by atoms with E-state index in [2.05, 4.69) is 20.8 Å². The van der Waals surface area contributed by atoms with Crippen molar-refractivity contribution in [2.24, 2.45) is 0 Å². The summed E-state index contributed by atoms with van der Waals surface area (Å²) in [6.45, 7) is 1.75. The molecule has 7 nitrogen and oxygen atoms in total. The maximum Gasteiger partial charge on any atom is 0.254 e. The van der Waals surface area contributed by atoms with Gasteiger partial charge in [0, 0.05) is 30.8 Å². The highest BCUT2D eigenvalue weighted by molar-refractivity contribution is 6.02. The summed E-state index contributed by atoms with van der Waals surface area (Å²) in [5.74, 6) is -1.63. The van der Waals surface area contributed by atoms with Gasteiger partial charge in [0.2, 0.25) is 5.91 Å². The normalized spacial score (nSPS) is 16.4. The second kappa shape index (κ2) is 8.14. The van der Waals surface area contributed by atoms with Gasteiger partial charge in [-0.15, -0.1) is 0 Å². The molecule has 2 amide bonds. The van der Waals surface area contributed by atoms with Crippen LogP contribution in [0.25, 0.3) is 10.9 Å². The standard InChI is InChI=1S/C23H21FN4O3/c1-12-7-20(30)27-22(14-4-5-17(24)16(10-14)23(31)25-2)21(12)19(29)9-13-3-6-18-15(8-13)11-26-28-18/h3-6,8,10-11,22H,7,9H2,1-2H3,(H,25,31)(H,26,28)(H,27,30). The van der Waals surface area contributed by atoms with Crippen LogP contribution >= 0.6 is 0 Å². The number of Topliss-reactive ketones (excluding diaryl/α,β-unsaturated/α-hetero) is 1. The van der Waals surface area contributed by atoms with Crippen molar-refractivity contribution < 1.29 is 18.8 Å². The van der Waals surface area contributed by atoms with Gasteiger partial charge >= 0.3 is 0 Å². The van der Waals surface area contributed by atoms with Gasteiger partial charge in [-0.1, -0.05) is 17.7 Å². The molecule has 0 fully saturated rings. The Morgan fingerprint density at radius 1 is 1.23 bits per heavy atom. The number of ketones is 1. The molecule has 1 aliphatic rings. The number of rotatable bonds is 5. The summed E-state index contributed by atoms with van der Waals surface area (Å²) < 4.78 is 14.1. The Labute approximate surface area is 177 Å². The van der Waals surface area contributed by atoms with Crippen LogP contribution in [0.4, 0.5) is 4.39 Å². The number of benzene rings is 2. The van der Waals surface area contributed by atoms with Crippen LogP contribution in [0.2, 0.25) is 0 Å². The maximum atomic E-state index is 14.1. The molecule has 0 bridgehead atoms. The molecule has 0 aliphatic carbocycles. The number of nitrogens with zero attached hydrogens (tertiary/aromatic N) is 1. The zero-order valence-corrected chi connectivity index (χ0v) is 17.1. The number of hydrogen-bond donors (Lipinski definition) is 3. The summed E-state index contributed by atoms with van der Waals surface area (Å²) in [6, 6.07) is 8.89. The van der Waals surface area contributed by atoms with Crippen molar-refractivity contribution in [3.8, 4) is 0 Å². The lowest BCUT2D eigenvalue weighted by atomic mass is 9.85. The average Bonchev–Trinajstić information content (AvgIpc) is 3.20. The molecule has 4 rings (SSSR count). The fraction of sp³-hybridized carbons (Fsp3) is 0.217. The molecular formula is C23H21FN4O3. The smallest absolute Gasteiger partial charge is 0.254 e. The van der Waals surface area contributed by atoms with Gasteiger partial charge in [0.25, 0.3) is 5.91 Å². The third-order valence-electron chi connectivity index (χ3n) is 5.44. The third-order valence-corrected chi connectivity index (χ3v) is 5.44. The van der Waals surface area contributed by atoms with E-state index in [-0.39, 0.29) is 30.1 Å². The number of nitrogens with one attached hydrogen (secondary N) is 3. The molecule has 1 atom stereocenters. The Hall–Kier alpha value is -3.81. The zero-order valence-electron chi connectivity index (χ0n) is 17.1. The Morgan fingerprint density at radius 3 is 2.81 bits per heavy atom. The SMILES string of the molecule is CNC(=O)c1cc(C2NC(=O)CC(C)=C2C(=O)Cc2ccc3[nH]ncc3c2)ccc1F. The van der Waals surface area contributed by atoms with Gasteiger partial charge in [-0.2, -0.15) is 5.10 Å². The first kappa shape index (κ1) is 20.5. The minimum atomic E-state index is -0.754. The van der Waals surface area contributed by atoms with E-state index in [4.69, 9.17) is 0 Å². The predicted octanol–water partition coefficient (Wildman–Crippen LogP) is 2.75. The fourth-order valence-electron chi connectivity index (χ4n) is 3.93. The summed E-state index contributed by atoms with van der Waals surface area (Å²) in [6.07, 6.45) is 1.95. The number of H-pyrrole nitrogens is 1. The number of aromatic amines is 1. The number of carbonyl (C=O) groups is 3. The number of amides is 2. The van der Waals surface area contributed by atoms with Crippen molar-refractivity contribution in [1.29, 1.82) is 0 Å². The molecule has 1 unspecified atom stereocenters. The lowest BCUT2D eigenvalue weighted by Gasteiger charge is -2.28. The van der Waals surface area contributed by atoms with Crippen LogP contribution in [0.5, 0.6) is 0 Å². The summed E-state index contributed by atoms with van der Waals surface area (Å²) in [5, 5.41) is 13.0. The molecule has 3 aromatic rings. The molecule has 3 N–H and O–H groups in total. The van der Waals surface area contributed by atoms with E-state index in [9.17, 15) is 18.8 Å². The maximum absolute atomic E-state index is 14.1. The average molecular weight is 420 g/mol. The molecular weight excluding hydrogens is 399 g/mol. The summed E-state index contributed by atoms with van der Waals surface area (Å²) in [5.41, 5.74) is 3.15. The van der Waals surface area contributed by atoms with Crippen molar-refractivity contribution in [2.75, 3.05) is 7.05 Å². The molecule has 0 saturated carbocycles. The van der Waals surface area contributed by atoms with Crippen LogP contribution in [0, 0.1) is 5.82 Å². The van der Waals surface area contributed by atoms with Crippen molar-refractivity contribution in [3.63, 3.8) is 0 Å². The minimum absolute atomic E-state index is 0.113. The van der Waals surface area contributed by atoms with E-state index in [1.165, 1.54) is 25.2 Å².